The molecule has 0 radical (unpaired) electrons. The molecule has 0 saturated heterocycles. The van der Waals surface area contributed by atoms with E-state index < -0.39 is 12.7 Å². The van der Waals surface area contributed by atoms with Crippen LogP contribution in [-0.4, -0.2) is 30.4 Å². The number of allylic oxidation sites excluding steroid dienone is 10. The lowest BCUT2D eigenvalue weighted by Crippen LogP contribution is -2.22. The first-order chi connectivity index (χ1) is 17.0. The average molecular weight is 475 g/mol. The summed E-state index contributed by atoms with van der Waals surface area (Å²) in [6, 6.07) is 6.74. The van der Waals surface area contributed by atoms with Gasteiger partial charge in [0.15, 0.2) is 5.78 Å². The van der Waals surface area contributed by atoms with Gasteiger partial charge in [-0.3, -0.25) is 9.79 Å². The highest BCUT2D eigenvalue weighted by molar-refractivity contribution is 6.43. The number of benzene rings is 1. The fourth-order valence-corrected chi connectivity index (χ4v) is 4.65. The van der Waals surface area contributed by atoms with Crippen molar-refractivity contribution < 1.29 is 23.0 Å². The summed E-state index contributed by atoms with van der Waals surface area (Å²) in [5.41, 5.74) is 6.39. The summed E-state index contributed by atoms with van der Waals surface area (Å²) in [4.78, 5) is 16.8. The van der Waals surface area contributed by atoms with Crippen LogP contribution in [0.5, 0.6) is 5.75 Å². The van der Waals surface area contributed by atoms with E-state index in [0.717, 1.165) is 33.7 Å². The number of halogens is 2. The van der Waals surface area contributed by atoms with Crippen LogP contribution in [0.3, 0.4) is 0 Å². The van der Waals surface area contributed by atoms with E-state index in [4.69, 9.17) is 19.9 Å². The molecular weight excluding hydrogens is 450 g/mol. The molecule has 2 aliphatic carbocycles. The SMILES string of the molecule is N=C1CC=C(C2=CC=C3CC4=C(CCOC4c4ccccc4OC(F)F)N=C3C=CC2)C=CC1=O. The number of aliphatic imine (C=N–C) groups is 1. The monoisotopic (exact) mass is 474 g/mol. The summed E-state index contributed by atoms with van der Waals surface area (Å²) in [6.45, 7) is -2.47. The van der Waals surface area contributed by atoms with E-state index in [-0.39, 0.29) is 17.2 Å². The van der Waals surface area contributed by atoms with E-state index in [9.17, 15) is 13.6 Å². The zero-order valence-electron chi connectivity index (χ0n) is 19.0. The molecule has 0 aromatic heterocycles. The number of para-hydroxylation sites is 1. The molecule has 0 saturated carbocycles. The van der Waals surface area contributed by atoms with Gasteiger partial charge in [0.1, 0.15) is 11.9 Å². The van der Waals surface area contributed by atoms with Crippen molar-refractivity contribution in [1.29, 1.82) is 5.41 Å². The van der Waals surface area contributed by atoms with Crippen LogP contribution in [0.1, 0.15) is 37.4 Å². The summed E-state index contributed by atoms with van der Waals surface area (Å²) in [6.07, 6.45) is 15.0. The smallest absolute Gasteiger partial charge is 0.387 e. The third-order valence-electron chi connectivity index (χ3n) is 6.40. The van der Waals surface area contributed by atoms with Crippen molar-refractivity contribution >= 4 is 17.2 Å². The Labute approximate surface area is 202 Å². The van der Waals surface area contributed by atoms with Crippen LogP contribution in [0, 0.1) is 5.41 Å². The molecule has 1 aromatic rings. The molecule has 178 valence electrons. The van der Waals surface area contributed by atoms with Crippen LogP contribution in [0.15, 0.2) is 99.8 Å². The standard InChI is InChI=1S/C28H24F2N2O3/c29-28(30)35-26-7-2-1-5-20(26)27-21-16-19-9-8-17(18-10-12-22(31)25(33)13-11-18)4-3-6-23(19)32-24(21)14-15-34-27/h1-3,5-11,13,27-28,31H,4,12,14-16H2. The number of ether oxygens (including phenoxy) is 2. The number of hydrogen-bond donors (Lipinski definition) is 1. The van der Waals surface area contributed by atoms with Crippen LogP contribution in [-0.2, 0) is 9.53 Å². The predicted octanol–water partition coefficient (Wildman–Crippen LogP) is 6.14. The maximum Gasteiger partial charge on any atom is 0.387 e. The van der Waals surface area contributed by atoms with Crippen molar-refractivity contribution in [2.24, 2.45) is 4.99 Å². The lowest BCUT2D eigenvalue weighted by atomic mass is 9.86. The molecule has 1 atom stereocenters. The lowest BCUT2D eigenvalue weighted by Gasteiger charge is -2.32. The Morgan fingerprint density at radius 3 is 2.77 bits per heavy atom. The molecule has 5 rings (SSSR count). The number of alkyl halides is 2. The number of rotatable bonds is 4. The topological polar surface area (TPSA) is 71.7 Å². The fraction of sp³-hybridized carbons (Fsp3) is 0.250. The van der Waals surface area contributed by atoms with Crippen LogP contribution in [0.4, 0.5) is 8.78 Å². The van der Waals surface area contributed by atoms with Gasteiger partial charge in [0.25, 0.3) is 0 Å². The Balaban J connectivity index is 1.48. The minimum atomic E-state index is -2.92. The normalized spacial score (nSPS) is 22.3. The number of carbonyl (C=O) groups is 1. The number of nitrogens with zero attached hydrogens (tertiary/aromatic N) is 1. The Morgan fingerprint density at radius 1 is 1.09 bits per heavy atom. The van der Waals surface area contributed by atoms with Crippen molar-refractivity contribution in [3.63, 3.8) is 0 Å². The van der Waals surface area contributed by atoms with E-state index in [1.54, 1.807) is 24.3 Å². The molecule has 0 spiro atoms. The minimum absolute atomic E-state index is 0.0807. The summed E-state index contributed by atoms with van der Waals surface area (Å²) < 4.78 is 36.8. The first kappa shape index (κ1) is 23.1. The van der Waals surface area contributed by atoms with Gasteiger partial charge in [-0.2, -0.15) is 8.78 Å². The van der Waals surface area contributed by atoms with E-state index in [2.05, 4.69) is 6.08 Å². The second kappa shape index (κ2) is 9.88. The highest BCUT2D eigenvalue weighted by atomic mass is 19.3. The van der Waals surface area contributed by atoms with E-state index in [1.807, 2.05) is 24.3 Å². The van der Waals surface area contributed by atoms with Gasteiger partial charge in [0, 0.05) is 30.5 Å². The van der Waals surface area contributed by atoms with E-state index >= 15 is 0 Å². The van der Waals surface area contributed by atoms with Gasteiger partial charge in [-0.1, -0.05) is 48.6 Å². The number of fused-ring (bicyclic) bond motifs is 1. The molecular formula is C28H24F2N2O3. The maximum atomic E-state index is 13.0. The molecule has 0 fully saturated rings. The highest BCUT2D eigenvalue weighted by Gasteiger charge is 2.32. The molecule has 0 bridgehead atoms. The summed E-state index contributed by atoms with van der Waals surface area (Å²) in [5.74, 6) is -0.158. The van der Waals surface area contributed by atoms with Crippen molar-refractivity contribution in [3.8, 4) is 5.75 Å². The molecule has 2 aliphatic heterocycles. The first-order valence-corrected chi connectivity index (χ1v) is 11.5. The third-order valence-corrected chi connectivity index (χ3v) is 6.40. The lowest BCUT2D eigenvalue weighted by molar-refractivity contribution is -0.109. The Bertz CT molecular complexity index is 1290. The molecule has 35 heavy (non-hydrogen) atoms. The number of carbonyl (C=O) groups excluding carboxylic acids is 1. The van der Waals surface area contributed by atoms with E-state index in [0.29, 0.717) is 37.9 Å². The highest BCUT2D eigenvalue weighted by Crippen LogP contribution is 2.43. The van der Waals surface area contributed by atoms with E-state index in [1.165, 1.54) is 12.1 Å². The third kappa shape index (κ3) is 4.91. The first-order valence-electron chi connectivity index (χ1n) is 11.5. The summed E-state index contributed by atoms with van der Waals surface area (Å²) in [5, 5.41) is 7.79. The van der Waals surface area contributed by atoms with Crippen molar-refractivity contribution in [2.75, 3.05) is 6.61 Å². The number of hydrogen-bond acceptors (Lipinski definition) is 5. The second-order valence-corrected chi connectivity index (χ2v) is 8.59. The van der Waals surface area contributed by atoms with Crippen LogP contribution in [0.2, 0.25) is 0 Å². The quantitative estimate of drug-likeness (QED) is 0.570. The molecule has 1 aromatic carbocycles. The fourth-order valence-electron chi connectivity index (χ4n) is 4.65. The Hall–Kier alpha value is -3.71. The Morgan fingerprint density at radius 2 is 1.91 bits per heavy atom. The van der Waals surface area contributed by atoms with Gasteiger partial charge in [-0.25, -0.2) is 0 Å². The molecule has 2 heterocycles. The zero-order chi connectivity index (χ0) is 24.4. The van der Waals surface area contributed by atoms with Gasteiger partial charge in [-0.15, -0.1) is 0 Å². The average Bonchev–Trinajstić information content (AvgIpc) is 3.00. The van der Waals surface area contributed by atoms with Gasteiger partial charge in [-0.05, 0) is 46.9 Å². The minimum Gasteiger partial charge on any atom is -0.434 e. The molecule has 1 N–H and O–H groups in total. The summed E-state index contributed by atoms with van der Waals surface area (Å²) in [7, 11) is 0. The summed E-state index contributed by atoms with van der Waals surface area (Å²) >= 11 is 0. The zero-order valence-corrected chi connectivity index (χ0v) is 19.0. The van der Waals surface area contributed by atoms with Crippen molar-refractivity contribution in [1.82, 2.24) is 0 Å². The van der Waals surface area contributed by atoms with Crippen molar-refractivity contribution in [2.45, 2.75) is 38.4 Å². The van der Waals surface area contributed by atoms with Crippen LogP contribution < -0.4 is 4.74 Å². The molecule has 4 aliphatic rings. The van der Waals surface area contributed by atoms with Gasteiger partial charge >= 0.3 is 6.61 Å². The van der Waals surface area contributed by atoms with Gasteiger partial charge in [0.05, 0.1) is 18.0 Å². The van der Waals surface area contributed by atoms with Gasteiger partial charge < -0.3 is 14.9 Å². The molecule has 1 unspecified atom stereocenters. The predicted molar refractivity (Wildman–Crippen MR) is 130 cm³/mol. The number of nitrogens with one attached hydrogen (secondary N) is 1. The van der Waals surface area contributed by atoms with Crippen LogP contribution in [0.25, 0.3) is 0 Å². The Kier molecular flexibility index (Phi) is 6.51. The van der Waals surface area contributed by atoms with Gasteiger partial charge in [0.2, 0.25) is 0 Å². The maximum absolute atomic E-state index is 13.0. The number of ketones is 1. The molecule has 5 nitrogen and oxygen atoms in total. The largest absolute Gasteiger partial charge is 0.434 e. The van der Waals surface area contributed by atoms with Crippen LogP contribution >= 0.6 is 0 Å². The van der Waals surface area contributed by atoms with Crippen molar-refractivity contribution in [3.05, 3.63) is 100 Å². The molecule has 7 heteroatoms. The second-order valence-electron chi connectivity index (χ2n) is 8.59. The molecule has 0 amide bonds.